The van der Waals surface area contributed by atoms with Crippen LogP contribution in [0.1, 0.15) is 0 Å². The summed E-state index contributed by atoms with van der Waals surface area (Å²) in [4.78, 5) is 15.2. The van der Waals surface area contributed by atoms with E-state index in [0.717, 1.165) is 49.7 Å². The molecule has 64 heavy (non-hydrogen) atoms. The van der Waals surface area contributed by atoms with Crippen LogP contribution in [0.4, 0.5) is 0 Å². The van der Waals surface area contributed by atoms with E-state index in [0.29, 0.717) is 17.5 Å². The average molecular weight is 816 g/mol. The van der Waals surface area contributed by atoms with Gasteiger partial charge in [-0.2, -0.15) is 0 Å². The highest BCUT2D eigenvalue weighted by Crippen LogP contribution is 2.50. The van der Waals surface area contributed by atoms with E-state index < -0.39 is 0 Å². The van der Waals surface area contributed by atoms with Crippen LogP contribution in [0.5, 0.6) is 0 Å². The van der Waals surface area contributed by atoms with Crippen LogP contribution in [0.2, 0.25) is 0 Å². The topological polar surface area (TPSA) is 38.7 Å². The van der Waals surface area contributed by atoms with Gasteiger partial charge in [-0.15, -0.1) is 0 Å². The van der Waals surface area contributed by atoms with Crippen LogP contribution in [0, 0.1) is 0 Å². The van der Waals surface area contributed by atoms with Gasteiger partial charge in [-0.05, 0) is 95.7 Å². The Kier molecular flexibility index (Phi) is 10.3. The molecule has 0 fully saturated rings. The van der Waals surface area contributed by atoms with Crippen molar-refractivity contribution < 1.29 is 0 Å². The van der Waals surface area contributed by atoms with Gasteiger partial charge in [0, 0.05) is 16.7 Å². The fourth-order valence-corrected chi connectivity index (χ4v) is 8.99. The molecule has 1 aromatic heterocycles. The fourth-order valence-electron chi connectivity index (χ4n) is 8.99. The third-order valence-electron chi connectivity index (χ3n) is 11.9. The van der Waals surface area contributed by atoms with E-state index in [9.17, 15) is 0 Å². The zero-order valence-corrected chi connectivity index (χ0v) is 35.0. The number of hydrogen-bond donors (Lipinski definition) is 0. The van der Waals surface area contributed by atoms with Gasteiger partial charge in [-0.25, -0.2) is 15.0 Å². The first-order valence-electron chi connectivity index (χ1n) is 21.7. The smallest absolute Gasteiger partial charge is 0.164 e. The summed E-state index contributed by atoms with van der Waals surface area (Å²) >= 11 is 0. The summed E-state index contributed by atoms with van der Waals surface area (Å²) in [5.74, 6) is 1.92. The molecule has 0 aliphatic carbocycles. The van der Waals surface area contributed by atoms with Crippen LogP contribution in [0.3, 0.4) is 0 Å². The van der Waals surface area contributed by atoms with E-state index in [1.54, 1.807) is 0 Å². The highest BCUT2D eigenvalue weighted by atomic mass is 15.0. The molecule has 10 aromatic carbocycles. The minimum absolute atomic E-state index is 0.636. The summed E-state index contributed by atoms with van der Waals surface area (Å²) in [5.41, 5.74) is 16.9. The highest BCUT2D eigenvalue weighted by Gasteiger charge is 2.24. The van der Waals surface area contributed by atoms with Crippen molar-refractivity contribution in [2.45, 2.75) is 0 Å². The molecule has 0 N–H and O–H groups in total. The maximum atomic E-state index is 5.12. The van der Waals surface area contributed by atoms with Crippen molar-refractivity contribution in [3.8, 4) is 101 Å². The van der Waals surface area contributed by atoms with Gasteiger partial charge in [-0.1, -0.05) is 231 Å². The molecule has 0 aliphatic heterocycles. The van der Waals surface area contributed by atoms with Crippen molar-refractivity contribution in [2.24, 2.45) is 0 Å². The minimum Gasteiger partial charge on any atom is -0.208 e. The summed E-state index contributed by atoms with van der Waals surface area (Å²) in [5, 5.41) is 2.20. The van der Waals surface area contributed by atoms with Gasteiger partial charge < -0.3 is 0 Å². The van der Waals surface area contributed by atoms with Gasteiger partial charge in [0.25, 0.3) is 0 Å². The van der Waals surface area contributed by atoms with E-state index in [1.807, 2.05) is 60.7 Å². The lowest BCUT2D eigenvalue weighted by atomic mass is 9.78. The van der Waals surface area contributed by atoms with E-state index in [2.05, 4.69) is 188 Å². The van der Waals surface area contributed by atoms with Gasteiger partial charge in [-0.3, -0.25) is 0 Å². The number of aromatic nitrogens is 3. The summed E-state index contributed by atoms with van der Waals surface area (Å²) in [6.45, 7) is 0. The Morgan fingerprint density at radius 1 is 0.188 bits per heavy atom. The lowest BCUT2D eigenvalue weighted by Crippen LogP contribution is -2.00. The molecule has 300 valence electrons. The zero-order chi connectivity index (χ0) is 42.7. The molecule has 1 heterocycles. The van der Waals surface area contributed by atoms with Gasteiger partial charge in [0.15, 0.2) is 17.5 Å². The van der Waals surface area contributed by atoms with Gasteiger partial charge in [0.2, 0.25) is 0 Å². The normalized spacial score (nSPS) is 11.1. The predicted octanol–water partition coefficient (Wildman–Crippen LogP) is 16.0. The molecule has 0 amide bonds. The number of fused-ring (bicyclic) bond motifs is 1. The molecule has 3 heteroatoms. The molecule has 0 radical (unpaired) electrons. The number of hydrogen-bond acceptors (Lipinski definition) is 3. The monoisotopic (exact) mass is 815 g/mol. The SMILES string of the molecule is c1ccc(-c2nc(-c3ccccc3)nc(-c3ccc(-c4cccc(-c5cc(-c6ccccc6)c(-c6ccccc6)c(-c6ccccc6)c5-c5ccccc5)c4)c4ccccc34)n2)cc1. The Balaban J connectivity index is 1.13. The lowest BCUT2D eigenvalue weighted by Gasteiger charge is -2.24. The minimum atomic E-state index is 0.636. The van der Waals surface area contributed by atoms with Crippen molar-refractivity contribution in [1.29, 1.82) is 0 Å². The second-order valence-corrected chi connectivity index (χ2v) is 15.9. The number of nitrogens with zero attached hydrogens (tertiary/aromatic N) is 3. The first kappa shape index (κ1) is 38.4. The molecule has 0 atom stereocenters. The van der Waals surface area contributed by atoms with Gasteiger partial charge in [0.1, 0.15) is 0 Å². The Morgan fingerprint density at radius 2 is 0.516 bits per heavy atom. The molecule has 11 aromatic rings. The third kappa shape index (κ3) is 7.36. The quantitative estimate of drug-likeness (QED) is 0.146. The van der Waals surface area contributed by atoms with Crippen molar-refractivity contribution in [3.63, 3.8) is 0 Å². The van der Waals surface area contributed by atoms with Gasteiger partial charge >= 0.3 is 0 Å². The Bertz CT molecular complexity index is 3330. The molecule has 0 unspecified atom stereocenters. The first-order valence-corrected chi connectivity index (χ1v) is 21.7. The Hall–Kier alpha value is -8.53. The number of rotatable bonds is 9. The average Bonchev–Trinajstić information content (AvgIpc) is 3.39. The van der Waals surface area contributed by atoms with Crippen LogP contribution in [0.15, 0.2) is 249 Å². The highest BCUT2D eigenvalue weighted by molar-refractivity contribution is 6.09. The summed E-state index contributed by atoms with van der Waals surface area (Å²) in [7, 11) is 0. The van der Waals surface area contributed by atoms with Crippen molar-refractivity contribution in [1.82, 2.24) is 15.0 Å². The van der Waals surface area contributed by atoms with E-state index in [-0.39, 0.29) is 0 Å². The lowest BCUT2D eigenvalue weighted by molar-refractivity contribution is 1.08. The molecule has 3 nitrogen and oxygen atoms in total. The molecule has 11 rings (SSSR count). The summed E-state index contributed by atoms with van der Waals surface area (Å²) in [6, 6.07) is 88.2. The van der Waals surface area contributed by atoms with Crippen molar-refractivity contribution >= 4 is 10.8 Å². The summed E-state index contributed by atoms with van der Waals surface area (Å²) < 4.78 is 0. The number of benzene rings is 10. The van der Waals surface area contributed by atoms with Crippen molar-refractivity contribution in [2.75, 3.05) is 0 Å². The van der Waals surface area contributed by atoms with Crippen molar-refractivity contribution in [3.05, 3.63) is 249 Å². The van der Waals surface area contributed by atoms with Gasteiger partial charge in [0.05, 0.1) is 0 Å². The van der Waals surface area contributed by atoms with Crippen LogP contribution in [-0.2, 0) is 0 Å². The molecule has 0 aliphatic rings. The largest absolute Gasteiger partial charge is 0.208 e. The standard InChI is InChI=1S/C61H41N3/c1-7-22-42(23-8-1)54-41-55(57(44-26-11-3-12-27-44)58(45-28-13-4-14-29-45)56(54)43-24-9-2-10-25-43)49-35-21-34-48(40-49)50-38-39-53(52-37-20-19-36-51(50)52)61-63-59(46-30-15-5-16-31-46)62-60(64-61)47-32-17-6-18-33-47/h1-41H. The van der Waals surface area contributed by atoms with Crippen LogP contribution < -0.4 is 0 Å². The predicted molar refractivity (Wildman–Crippen MR) is 266 cm³/mol. The third-order valence-corrected chi connectivity index (χ3v) is 11.9. The summed E-state index contributed by atoms with van der Waals surface area (Å²) in [6.07, 6.45) is 0. The Labute approximate surface area is 373 Å². The molecule has 0 saturated heterocycles. The van der Waals surface area contributed by atoms with Crippen LogP contribution >= 0.6 is 0 Å². The maximum absolute atomic E-state index is 5.12. The molecular weight excluding hydrogens is 775 g/mol. The van der Waals surface area contributed by atoms with Crippen LogP contribution in [-0.4, -0.2) is 15.0 Å². The van der Waals surface area contributed by atoms with E-state index >= 15 is 0 Å². The maximum Gasteiger partial charge on any atom is 0.164 e. The second kappa shape index (κ2) is 17.1. The Morgan fingerprint density at radius 3 is 1.00 bits per heavy atom. The first-order chi connectivity index (χ1) is 31.8. The molecule has 0 spiro atoms. The molecule has 0 bridgehead atoms. The fraction of sp³-hybridized carbons (Fsp3) is 0. The second-order valence-electron chi connectivity index (χ2n) is 15.9. The molecule has 0 saturated carbocycles. The van der Waals surface area contributed by atoms with Crippen LogP contribution in [0.25, 0.3) is 112 Å². The molecular formula is C61H41N3. The van der Waals surface area contributed by atoms with E-state index in [1.165, 1.54) is 44.5 Å². The zero-order valence-electron chi connectivity index (χ0n) is 35.0. The van der Waals surface area contributed by atoms with E-state index in [4.69, 9.17) is 15.0 Å².